The van der Waals surface area contributed by atoms with Crippen molar-refractivity contribution in [3.63, 3.8) is 0 Å². The monoisotopic (exact) mass is 286 g/mol. The predicted molar refractivity (Wildman–Crippen MR) is 84.3 cm³/mol. The first-order valence-electron chi connectivity index (χ1n) is 7.39. The molecule has 1 amide bonds. The number of carbonyl (C=O) groups is 1. The number of hydrogen-bond acceptors (Lipinski definition) is 3. The van der Waals surface area contributed by atoms with Crippen LogP contribution in [0.5, 0.6) is 0 Å². The molecule has 0 atom stereocenters. The van der Waals surface area contributed by atoms with Crippen molar-refractivity contribution in [3.05, 3.63) is 42.7 Å². The molecule has 5 nitrogen and oxygen atoms in total. The van der Waals surface area contributed by atoms with Crippen molar-refractivity contribution < 1.29 is 4.79 Å². The molecule has 2 rings (SSSR count). The van der Waals surface area contributed by atoms with Crippen LogP contribution in [0, 0.1) is 0 Å². The second kappa shape index (κ2) is 8.21. The molecule has 3 N–H and O–H groups in total. The summed E-state index contributed by atoms with van der Waals surface area (Å²) in [6.45, 7) is 0.731. The second-order valence-electron chi connectivity index (χ2n) is 5.00. The average molecular weight is 286 g/mol. The van der Waals surface area contributed by atoms with Gasteiger partial charge in [0, 0.05) is 24.5 Å². The maximum absolute atomic E-state index is 11.8. The molecule has 0 aliphatic rings. The summed E-state index contributed by atoms with van der Waals surface area (Å²) in [6, 6.07) is 9.53. The summed E-state index contributed by atoms with van der Waals surface area (Å²) in [6.07, 6.45) is 8.29. The first-order valence-corrected chi connectivity index (χ1v) is 7.39. The van der Waals surface area contributed by atoms with Gasteiger partial charge in [0.15, 0.2) is 0 Å². The molecule has 0 radical (unpaired) electrons. The van der Waals surface area contributed by atoms with E-state index in [2.05, 4.69) is 10.4 Å². The summed E-state index contributed by atoms with van der Waals surface area (Å²) < 4.78 is 1.78. The molecule has 21 heavy (non-hydrogen) atoms. The number of carbonyl (C=O) groups excluding carboxylic acids is 1. The normalized spacial score (nSPS) is 10.5. The molecule has 0 fully saturated rings. The molecule has 1 aromatic heterocycles. The highest BCUT2D eigenvalue weighted by Gasteiger charge is 2.03. The third-order valence-electron chi connectivity index (χ3n) is 3.28. The first kappa shape index (κ1) is 15.3. The molecule has 0 saturated heterocycles. The Kier molecular flexibility index (Phi) is 5.97. The number of aromatic nitrogens is 2. The van der Waals surface area contributed by atoms with E-state index in [9.17, 15) is 4.79 Å². The van der Waals surface area contributed by atoms with E-state index in [1.165, 1.54) is 0 Å². The lowest BCUT2D eigenvalue weighted by Crippen LogP contribution is -2.11. The van der Waals surface area contributed by atoms with E-state index >= 15 is 0 Å². The number of hydrogen-bond donors (Lipinski definition) is 2. The Morgan fingerprint density at radius 3 is 2.57 bits per heavy atom. The van der Waals surface area contributed by atoms with Gasteiger partial charge in [-0.3, -0.25) is 4.79 Å². The second-order valence-corrected chi connectivity index (χ2v) is 5.00. The smallest absolute Gasteiger partial charge is 0.224 e. The number of benzene rings is 1. The van der Waals surface area contributed by atoms with E-state index in [4.69, 9.17) is 5.73 Å². The standard InChI is InChI=1S/C16H22N4O/c17-11-4-2-1-3-6-16(21)19-14-7-9-15(10-8-14)20-13-5-12-18-20/h5,7-10,12-13H,1-4,6,11,17H2,(H,19,21). The summed E-state index contributed by atoms with van der Waals surface area (Å²) in [5, 5.41) is 7.07. The number of unbranched alkanes of at least 4 members (excludes halogenated alkanes) is 3. The van der Waals surface area contributed by atoms with Crippen molar-refractivity contribution in [3.8, 4) is 5.69 Å². The number of nitrogens with two attached hydrogens (primary N) is 1. The Balaban J connectivity index is 1.76. The summed E-state index contributed by atoms with van der Waals surface area (Å²) >= 11 is 0. The first-order chi connectivity index (χ1) is 10.3. The predicted octanol–water partition coefficient (Wildman–Crippen LogP) is 2.72. The van der Waals surface area contributed by atoms with E-state index in [0.29, 0.717) is 6.42 Å². The maximum Gasteiger partial charge on any atom is 0.224 e. The van der Waals surface area contributed by atoms with Gasteiger partial charge in [0.25, 0.3) is 0 Å². The van der Waals surface area contributed by atoms with Crippen LogP contribution in [-0.4, -0.2) is 22.2 Å². The number of amides is 1. The molecule has 0 aliphatic carbocycles. The molecule has 0 unspecified atom stereocenters. The third-order valence-corrected chi connectivity index (χ3v) is 3.28. The zero-order chi connectivity index (χ0) is 14.9. The van der Waals surface area contributed by atoms with Gasteiger partial charge in [-0.05, 0) is 49.7 Å². The van der Waals surface area contributed by atoms with Crippen molar-refractivity contribution in [2.75, 3.05) is 11.9 Å². The minimum Gasteiger partial charge on any atom is -0.330 e. The van der Waals surface area contributed by atoms with E-state index in [1.807, 2.05) is 36.5 Å². The van der Waals surface area contributed by atoms with Crippen molar-refractivity contribution in [2.24, 2.45) is 5.73 Å². The number of rotatable bonds is 8. The maximum atomic E-state index is 11.8. The number of nitrogens with one attached hydrogen (secondary N) is 1. The van der Waals surface area contributed by atoms with Crippen molar-refractivity contribution in [2.45, 2.75) is 32.1 Å². The van der Waals surface area contributed by atoms with Gasteiger partial charge in [0.1, 0.15) is 0 Å². The highest BCUT2D eigenvalue weighted by molar-refractivity contribution is 5.90. The van der Waals surface area contributed by atoms with Gasteiger partial charge in [-0.25, -0.2) is 4.68 Å². The Morgan fingerprint density at radius 1 is 1.14 bits per heavy atom. The number of nitrogens with zero attached hydrogens (tertiary/aromatic N) is 2. The molecule has 0 spiro atoms. The fourth-order valence-electron chi connectivity index (χ4n) is 2.13. The van der Waals surface area contributed by atoms with Crippen LogP contribution in [-0.2, 0) is 4.79 Å². The van der Waals surface area contributed by atoms with E-state index in [1.54, 1.807) is 10.9 Å². The molecule has 1 aromatic carbocycles. The van der Waals surface area contributed by atoms with E-state index < -0.39 is 0 Å². The zero-order valence-corrected chi connectivity index (χ0v) is 12.2. The molecule has 0 saturated carbocycles. The lowest BCUT2D eigenvalue weighted by molar-refractivity contribution is -0.116. The Labute approximate surface area is 125 Å². The summed E-state index contributed by atoms with van der Waals surface area (Å²) in [5.41, 5.74) is 7.22. The molecule has 2 aromatic rings. The fourth-order valence-corrected chi connectivity index (χ4v) is 2.13. The minimum atomic E-state index is 0.0644. The number of anilines is 1. The van der Waals surface area contributed by atoms with Crippen LogP contribution in [0.4, 0.5) is 5.69 Å². The average Bonchev–Trinajstić information content (AvgIpc) is 3.02. The lowest BCUT2D eigenvalue weighted by Gasteiger charge is -2.07. The lowest BCUT2D eigenvalue weighted by atomic mass is 10.1. The van der Waals surface area contributed by atoms with Gasteiger partial charge in [0.2, 0.25) is 5.91 Å². The van der Waals surface area contributed by atoms with E-state index in [-0.39, 0.29) is 5.91 Å². The van der Waals surface area contributed by atoms with Gasteiger partial charge >= 0.3 is 0 Å². The minimum absolute atomic E-state index is 0.0644. The van der Waals surface area contributed by atoms with Crippen molar-refractivity contribution in [1.82, 2.24) is 9.78 Å². The summed E-state index contributed by atoms with van der Waals surface area (Å²) in [4.78, 5) is 11.8. The quantitative estimate of drug-likeness (QED) is 0.733. The van der Waals surface area contributed by atoms with Crippen LogP contribution in [0.25, 0.3) is 5.69 Å². The van der Waals surface area contributed by atoms with Crippen LogP contribution in [0.1, 0.15) is 32.1 Å². The Bertz CT molecular complexity index is 534. The largest absolute Gasteiger partial charge is 0.330 e. The summed E-state index contributed by atoms with van der Waals surface area (Å²) in [7, 11) is 0. The van der Waals surface area contributed by atoms with Crippen LogP contribution in [0.3, 0.4) is 0 Å². The SMILES string of the molecule is NCCCCCCC(=O)Nc1ccc(-n2cccn2)cc1. The zero-order valence-electron chi connectivity index (χ0n) is 12.2. The Morgan fingerprint density at radius 2 is 1.90 bits per heavy atom. The van der Waals surface area contributed by atoms with Crippen LogP contribution >= 0.6 is 0 Å². The molecule has 0 aliphatic heterocycles. The Hall–Kier alpha value is -2.14. The van der Waals surface area contributed by atoms with Gasteiger partial charge in [-0.15, -0.1) is 0 Å². The van der Waals surface area contributed by atoms with Gasteiger partial charge in [-0.1, -0.05) is 12.8 Å². The summed E-state index contributed by atoms with van der Waals surface area (Å²) in [5.74, 6) is 0.0644. The molecular formula is C16H22N4O. The molecule has 1 heterocycles. The topological polar surface area (TPSA) is 72.9 Å². The molecule has 112 valence electrons. The van der Waals surface area contributed by atoms with Crippen LogP contribution in [0.2, 0.25) is 0 Å². The van der Waals surface area contributed by atoms with Crippen LogP contribution < -0.4 is 11.1 Å². The molecular weight excluding hydrogens is 264 g/mol. The van der Waals surface area contributed by atoms with E-state index in [0.717, 1.165) is 43.6 Å². The van der Waals surface area contributed by atoms with Gasteiger partial charge in [0.05, 0.1) is 5.69 Å². The fraction of sp³-hybridized carbons (Fsp3) is 0.375. The highest BCUT2D eigenvalue weighted by atomic mass is 16.1. The van der Waals surface area contributed by atoms with Crippen molar-refractivity contribution >= 4 is 11.6 Å². The molecule has 0 bridgehead atoms. The van der Waals surface area contributed by atoms with Gasteiger partial charge in [-0.2, -0.15) is 5.10 Å². The van der Waals surface area contributed by atoms with Crippen LogP contribution in [0.15, 0.2) is 42.7 Å². The van der Waals surface area contributed by atoms with Crippen molar-refractivity contribution in [1.29, 1.82) is 0 Å². The third kappa shape index (κ3) is 5.04. The molecule has 5 heteroatoms. The highest BCUT2D eigenvalue weighted by Crippen LogP contribution is 2.13. The van der Waals surface area contributed by atoms with Gasteiger partial charge < -0.3 is 11.1 Å².